The highest BCUT2D eigenvalue weighted by atomic mass is 16.5. The number of anilines is 2. The largest absolute Gasteiger partial charge is 0.497 e. The van der Waals surface area contributed by atoms with E-state index in [4.69, 9.17) is 9.47 Å². The van der Waals surface area contributed by atoms with Crippen LogP contribution in [0.15, 0.2) is 30.3 Å². The molecule has 2 rings (SSSR count). The molecule has 24 heavy (non-hydrogen) atoms. The number of nitrogens with one attached hydrogen (secondary N) is 2. The van der Waals surface area contributed by atoms with Crippen LogP contribution in [0, 0.1) is 6.92 Å². The number of methoxy groups -OCH3 is 2. The van der Waals surface area contributed by atoms with Crippen molar-refractivity contribution >= 4 is 11.6 Å². The van der Waals surface area contributed by atoms with Crippen LogP contribution < -0.4 is 15.4 Å². The molecule has 0 unspecified atom stereocenters. The first kappa shape index (κ1) is 18.0. The molecule has 0 radical (unpaired) electrons. The van der Waals surface area contributed by atoms with Gasteiger partial charge in [-0.25, -0.2) is 9.97 Å². The number of aromatic nitrogens is 2. The van der Waals surface area contributed by atoms with Crippen LogP contribution in [0.2, 0.25) is 0 Å². The lowest BCUT2D eigenvalue weighted by Crippen LogP contribution is -2.10. The molecule has 0 aliphatic rings. The number of benzene rings is 1. The third kappa shape index (κ3) is 6.04. The summed E-state index contributed by atoms with van der Waals surface area (Å²) in [5.74, 6) is 3.30. The number of aryl methyl sites for hydroxylation is 1. The van der Waals surface area contributed by atoms with E-state index in [0.29, 0.717) is 0 Å². The van der Waals surface area contributed by atoms with Crippen molar-refractivity contribution in [1.29, 1.82) is 0 Å². The molecule has 0 aliphatic heterocycles. The maximum absolute atomic E-state index is 5.17. The Balaban J connectivity index is 1.83. The fourth-order valence-corrected chi connectivity index (χ4v) is 2.31. The highest BCUT2D eigenvalue weighted by Gasteiger charge is 2.02. The minimum Gasteiger partial charge on any atom is -0.497 e. The summed E-state index contributed by atoms with van der Waals surface area (Å²) in [5.41, 5.74) is 1.26. The van der Waals surface area contributed by atoms with Crippen molar-refractivity contribution in [3.63, 3.8) is 0 Å². The molecule has 0 bridgehead atoms. The summed E-state index contributed by atoms with van der Waals surface area (Å²) < 4.78 is 10.2. The van der Waals surface area contributed by atoms with Gasteiger partial charge >= 0.3 is 0 Å². The Morgan fingerprint density at radius 1 is 0.958 bits per heavy atom. The van der Waals surface area contributed by atoms with Crippen molar-refractivity contribution < 1.29 is 9.47 Å². The van der Waals surface area contributed by atoms with E-state index in [-0.39, 0.29) is 0 Å². The molecule has 0 amide bonds. The molecule has 130 valence electrons. The normalized spacial score (nSPS) is 10.5. The predicted molar refractivity (Wildman–Crippen MR) is 96.9 cm³/mol. The minimum absolute atomic E-state index is 0.740. The molecule has 6 nitrogen and oxygen atoms in total. The lowest BCUT2D eigenvalue weighted by Gasteiger charge is -2.10. The van der Waals surface area contributed by atoms with E-state index < -0.39 is 0 Å². The van der Waals surface area contributed by atoms with Crippen molar-refractivity contribution in [1.82, 2.24) is 9.97 Å². The van der Waals surface area contributed by atoms with Crippen LogP contribution in [0.1, 0.15) is 17.8 Å². The predicted octanol–water partition coefficient (Wildman–Crippen LogP) is 2.90. The molecule has 0 spiro atoms. The highest BCUT2D eigenvalue weighted by molar-refractivity contribution is 5.47. The summed E-state index contributed by atoms with van der Waals surface area (Å²) in [6.07, 6.45) is 1.86. The van der Waals surface area contributed by atoms with Crippen molar-refractivity contribution in [2.24, 2.45) is 0 Å². The van der Waals surface area contributed by atoms with E-state index in [1.54, 1.807) is 14.2 Å². The van der Waals surface area contributed by atoms with E-state index in [2.05, 4.69) is 32.7 Å². The van der Waals surface area contributed by atoms with Gasteiger partial charge in [0.1, 0.15) is 23.2 Å². The molecule has 1 aromatic carbocycles. The standard InChI is InChI=1S/C18H26N4O2/c1-14-21-17(19-10-4-12-23-2)13-18(22-14)20-11-9-15-5-7-16(24-3)8-6-15/h5-8,13H,4,9-12H2,1-3H3,(H2,19,20,21,22). The number of hydrogen-bond donors (Lipinski definition) is 2. The summed E-state index contributed by atoms with van der Waals surface area (Å²) in [7, 11) is 3.38. The SMILES string of the molecule is COCCCNc1cc(NCCc2ccc(OC)cc2)nc(C)n1. The summed E-state index contributed by atoms with van der Waals surface area (Å²) in [6.45, 7) is 4.28. The molecule has 2 N–H and O–H groups in total. The molecule has 0 fully saturated rings. The minimum atomic E-state index is 0.740. The lowest BCUT2D eigenvalue weighted by molar-refractivity contribution is 0.198. The number of ether oxygens (including phenoxy) is 2. The van der Waals surface area contributed by atoms with Gasteiger partial charge in [-0.2, -0.15) is 0 Å². The molecule has 2 aromatic rings. The van der Waals surface area contributed by atoms with Crippen molar-refractivity contribution in [2.45, 2.75) is 19.8 Å². The summed E-state index contributed by atoms with van der Waals surface area (Å²) in [6, 6.07) is 10.1. The van der Waals surface area contributed by atoms with E-state index in [0.717, 1.165) is 55.7 Å². The number of nitrogens with zero attached hydrogens (tertiary/aromatic N) is 2. The number of hydrogen-bond acceptors (Lipinski definition) is 6. The first-order valence-electron chi connectivity index (χ1n) is 8.16. The zero-order valence-electron chi connectivity index (χ0n) is 14.6. The fraction of sp³-hybridized carbons (Fsp3) is 0.444. The average Bonchev–Trinajstić information content (AvgIpc) is 2.59. The fourth-order valence-electron chi connectivity index (χ4n) is 2.31. The Labute approximate surface area is 143 Å². The van der Waals surface area contributed by atoms with Gasteiger partial charge in [0.15, 0.2) is 0 Å². The summed E-state index contributed by atoms with van der Waals surface area (Å²) in [5, 5.41) is 6.65. The molecular formula is C18H26N4O2. The number of rotatable bonds is 10. The van der Waals surface area contributed by atoms with E-state index >= 15 is 0 Å². The van der Waals surface area contributed by atoms with Gasteiger partial charge in [-0.15, -0.1) is 0 Å². The van der Waals surface area contributed by atoms with Crippen LogP contribution in [0.3, 0.4) is 0 Å². The lowest BCUT2D eigenvalue weighted by atomic mass is 10.1. The second-order valence-electron chi connectivity index (χ2n) is 5.48. The molecule has 1 heterocycles. The molecule has 0 aliphatic carbocycles. The van der Waals surface area contributed by atoms with E-state index in [1.165, 1.54) is 5.56 Å². The molecular weight excluding hydrogens is 304 g/mol. The van der Waals surface area contributed by atoms with Crippen molar-refractivity contribution in [3.8, 4) is 5.75 Å². The maximum atomic E-state index is 5.17. The smallest absolute Gasteiger partial charge is 0.131 e. The van der Waals surface area contributed by atoms with Gasteiger partial charge in [0.25, 0.3) is 0 Å². The van der Waals surface area contributed by atoms with Gasteiger partial charge in [-0.05, 0) is 37.5 Å². The third-order valence-corrected chi connectivity index (χ3v) is 3.55. The van der Waals surface area contributed by atoms with Gasteiger partial charge in [-0.3, -0.25) is 0 Å². The van der Waals surface area contributed by atoms with Crippen LogP contribution in [-0.4, -0.2) is 43.9 Å². The van der Waals surface area contributed by atoms with Crippen LogP contribution >= 0.6 is 0 Å². The Morgan fingerprint density at radius 3 is 2.25 bits per heavy atom. The van der Waals surface area contributed by atoms with Crippen molar-refractivity contribution in [3.05, 3.63) is 41.7 Å². The second-order valence-corrected chi connectivity index (χ2v) is 5.48. The average molecular weight is 330 g/mol. The first-order chi connectivity index (χ1) is 11.7. The van der Waals surface area contributed by atoms with Crippen LogP contribution in [0.5, 0.6) is 5.75 Å². The zero-order chi connectivity index (χ0) is 17.2. The maximum Gasteiger partial charge on any atom is 0.131 e. The van der Waals surface area contributed by atoms with Crippen LogP contribution in [0.25, 0.3) is 0 Å². The molecule has 0 saturated heterocycles. The van der Waals surface area contributed by atoms with Gasteiger partial charge in [0.05, 0.1) is 7.11 Å². The quantitative estimate of drug-likeness (QED) is 0.653. The van der Waals surface area contributed by atoms with Crippen LogP contribution in [0.4, 0.5) is 11.6 Å². The highest BCUT2D eigenvalue weighted by Crippen LogP contribution is 2.13. The van der Waals surface area contributed by atoms with Crippen LogP contribution in [-0.2, 0) is 11.2 Å². The third-order valence-electron chi connectivity index (χ3n) is 3.55. The van der Waals surface area contributed by atoms with Crippen molar-refractivity contribution in [2.75, 3.05) is 44.5 Å². The second kappa shape index (κ2) is 9.72. The Hall–Kier alpha value is -2.34. The van der Waals surface area contributed by atoms with Gasteiger partial charge in [0.2, 0.25) is 0 Å². The van der Waals surface area contributed by atoms with E-state index in [9.17, 15) is 0 Å². The topological polar surface area (TPSA) is 68.3 Å². The first-order valence-corrected chi connectivity index (χ1v) is 8.16. The molecule has 0 saturated carbocycles. The van der Waals surface area contributed by atoms with Gasteiger partial charge < -0.3 is 20.1 Å². The van der Waals surface area contributed by atoms with Gasteiger partial charge in [-0.1, -0.05) is 12.1 Å². The summed E-state index contributed by atoms with van der Waals surface area (Å²) >= 11 is 0. The Bertz CT molecular complexity index is 617. The Morgan fingerprint density at radius 2 is 1.62 bits per heavy atom. The molecule has 6 heteroatoms. The van der Waals surface area contributed by atoms with E-state index in [1.807, 2.05) is 25.1 Å². The monoisotopic (exact) mass is 330 g/mol. The van der Waals surface area contributed by atoms with Gasteiger partial charge in [0, 0.05) is 32.9 Å². The Kier molecular flexibility index (Phi) is 7.29. The molecule has 0 atom stereocenters. The molecule has 1 aromatic heterocycles. The summed E-state index contributed by atoms with van der Waals surface area (Å²) in [4.78, 5) is 8.83. The zero-order valence-corrected chi connectivity index (χ0v) is 14.6.